The van der Waals surface area contributed by atoms with Crippen molar-refractivity contribution < 1.29 is 0 Å². The number of nitrogens with one attached hydrogen (secondary N) is 1. The van der Waals surface area contributed by atoms with E-state index in [1.807, 2.05) is 6.07 Å². The lowest BCUT2D eigenvalue weighted by molar-refractivity contribution is 0.289. The quantitative estimate of drug-likeness (QED) is 0.672. The van der Waals surface area contributed by atoms with Crippen LogP contribution in [-0.4, -0.2) is 25.5 Å². The van der Waals surface area contributed by atoms with Crippen molar-refractivity contribution in [1.29, 1.82) is 0 Å². The molecule has 0 spiro atoms. The number of hydrogen-bond acceptors (Lipinski definition) is 4. The Morgan fingerprint density at radius 2 is 2.05 bits per heavy atom. The van der Waals surface area contributed by atoms with Crippen LogP contribution in [0.2, 0.25) is 5.02 Å². The van der Waals surface area contributed by atoms with Gasteiger partial charge >= 0.3 is 0 Å². The van der Waals surface area contributed by atoms with Crippen molar-refractivity contribution in [3.05, 3.63) is 56.6 Å². The second-order valence-corrected chi connectivity index (χ2v) is 7.80. The highest BCUT2D eigenvalue weighted by Crippen LogP contribution is 2.35. The van der Waals surface area contributed by atoms with E-state index < -0.39 is 0 Å². The summed E-state index contributed by atoms with van der Waals surface area (Å²) in [6.07, 6.45) is 0. The fourth-order valence-corrected chi connectivity index (χ4v) is 4.74. The van der Waals surface area contributed by atoms with Crippen molar-refractivity contribution in [1.82, 2.24) is 10.2 Å². The topological polar surface area (TPSA) is 15.3 Å². The van der Waals surface area contributed by atoms with Crippen LogP contribution in [0.25, 0.3) is 10.1 Å². The standard InChI is InChI=1S/C17H19ClN2S2/c1-20(2)14(12-7-8-21-11-12)9-19-10-16-17(18)13-5-3-4-6-15(13)22-16/h3-8,11,14,19H,9-10H2,1-2H3. The maximum atomic E-state index is 6.50. The number of thiophene rings is 2. The minimum Gasteiger partial charge on any atom is -0.310 e. The largest absolute Gasteiger partial charge is 0.310 e. The SMILES string of the molecule is CN(C)C(CNCc1sc2ccccc2c1Cl)c1ccsc1. The molecule has 1 N–H and O–H groups in total. The molecule has 2 heterocycles. The Hall–Kier alpha value is -0.910. The molecule has 116 valence electrons. The van der Waals surface area contributed by atoms with E-state index in [2.05, 4.69) is 59.3 Å². The second-order valence-electron chi connectivity index (χ2n) is 5.50. The van der Waals surface area contributed by atoms with Gasteiger partial charge < -0.3 is 10.2 Å². The zero-order valence-corrected chi connectivity index (χ0v) is 15.1. The molecule has 0 amide bonds. The molecule has 2 aromatic heterocycles. The third-order valence-electron chi connectivity index (χ3n) is 3.78. The Bertz CT molecular complexity index is 734. The third kappa shape index (κ3) is 3.36. The summed E-state index contributed by atoms with van der Waals surface area (Å²) in [6.45, 7) is 1.72. The normalized spacial score (nSPS) is 13.1. The maximum absolute atomic E-state index is 6.50. The molecule has 0 aliphatic carbocycles. The van der Waals surface area contributed by atoms with Gasteiger partial charge in [-0.15, -0.1) is 11.3 Å². The van der Waals surface area contributed by atoms with Crippen LogP contribution in [0.5, 0.6) is 0 Å². The zero-order valence-electron chi connectivity index (χ0n) is 12.7. The summed E-state index contributed by atoms with van der Waals surface area (Å²) in [5.41, 5.74) is 1.37. The fourth-order valence-electron chi connectivity index (χ4n) is 2.56. The molecule has 0 aliphatic heterocycles. The minimum absolute atomic E-state index is 0.388. The summed E-state index contributed by atoms with van der Waals surface area (Å²) in [6, 6.07) is 10.9. The number of hydrogen-bond donors (Lipinski definition) is 1. The predicted molar refractivity (Wildman–Crippen MR) is 99.3 cm³/mol. The van der Waals surface area contributed by atoms with Gasteiger partial charge in [-0.05, 0) is 42.6 Å². The van der Waals surface area contributed by atoms with Crippen LogP contribution >= 0.6 is 34.3 Å². The molecule has 0 saturated carbocycles. The van der Waals surface area contributed by atoms with E-state index in [4.69, 9.17) is 11.6 Å². The van der Waals surface area contributed by atoms with E-state index in [0.717, 1.165) is 23.5 Å². The minimum atomic E-state index is 0.388. The number of nitrogens with zero attached hydrogens (tertiary/aromatic N) is 1. The van der Waals surface area contributed by atoms with Crippen LogP contribution in [0.1, 0.15) is 16.5 Å². The summed E-state index contributed by atoms with van der Waals surface area (Å²) in [5.74, 6) is 0. The summed E-state index contributed by atoms with van der Waals surface area (Å²) in [5, 5.41) is 9.97. The van der Waals surface area contributed by atoms with Crippen molar-refractivity contribution in [3.8, 4) is 0 Å². The smallest absolute Gasteiger partial charge is 0.0636 e. The third-order valence-corrected chi connectivity index (χ3v) is 6.19. The van der Waals surface area contributed by atoms with Gasteiger partial charge in [-0.3, -0.25) is 0 Å². The van der Waals surface area contributed by atoms with Crippen LogP contribution in [0, 0.1) is 0 Å². The molecule has 1 atom stereocenters. The van der Waals surface area contributed by atoms with Gasteiger partial charge in [0.2, 0.25) is 0 Å². The van der Waals surface area contributed by atoms with Crippen LogP contribution in [0.3, 0.4) is 0 Å². The summed E-state index contributed by atoms with van der Waals surface area (Å²) < 4.78 is 1.26. The van der Waals surface area contributed by atoms with Gasteiger partial charge in [0, 0.05) is 34.1 Å². The van der Waals surface area contributed by atoms with Gasteiger partial charge in [0.15, 0.2) is 0 Å². The highest BCUT2D eigenvalue weighted by Gasteiger charge is 2.15. The number of benzene rings is 1. The Balaban J connectivity index is 1.67. The number of fused-ring (bicyclic) bond motifs is 1. The van der Waals surface area contributed by atoms with Crippen molar-refractivity contribution in [2.45, 2.75) is 12.6 Å². The average Bonchev–Trinajstić information content (AvgIpc) is 3.13. The van der Waals surface area contributed by atoms with Crippen molar-refractivity contribution in [2.24, 2.45) is 0 Å². The van der Waals surface area contributed by atoms with Crippen LogP contribution in [0.15, 0.2) is 41.1 Å². The number of likely N-dealkylation sites (N-methyl/N-ethyl adjacent to an activating group) is 1. The lowest BCUT2D eigenvalue weighted by Gasteiger charge is -2.24. The molecule has 1 aromatic carbocycles. The highest BCUT2D eigenvalue weighted by atomic mass is 35.5. The molecule has 0 aliphatic rings. The molecule has 3 aromatic rings. The molecular weight excluding hydrogens is 332 g/mol. The van der Waals surface area contributed by atoms with E-state index in [1.54, 1.807) is 22.7 Å². The van der Waals surface area contributed by atoms with Crippen molar-refractivity contribution in [2.75, 3.05) is 20.6 Å². The molecular formula is C17H19ClN2S2. The Morgan fingerprint density at radius 1 is 1.23 bits per heavy atom. The average molecular weight is 351 g/mol. The van der Waals surface area contributed by atoms with Gasteiger partial charge in [-0.25, -0.2) is 0 Å². The zero-order chi connectivity index (χ0) is 15.5. The fraction of sp³-hybridized carbons (Fsp3) is 0.294. The molecule has 0 fully saturated rings. The summed E-state index contributed by atoms with van der Waals surface area (Å²) in [7, 11) is 4.24. The van der Waals surface area contributed by atoms with Gasteiger partial charge in [0.05, 0.1) is 5.02 Å². The first-order valence-electron chi connectivity index (χ1n) is 7.22. The Morgan fingerprint density at radius 3 is 2.73 bits per heavy atom. The van der Waals surface area contributed by atoms with E-state index >= 15 is 0 Å². The van der Waals surface area contributed by atoms with Gasteiger partial charge in [0.1, 0.15) is 0 Å². The molecule has 0 saturated heterocycles. The molecule has 1 unspecified atom stereocenters. The Labute approximate surface area is 144 Å². The first kappa shape index (κ1) is 16.0. The Kier molecular flexibility index (Phi) is 5.16. The van der Waals surface area contributed by atoms with Crippen LogP contribution in [0.4, 0.5) is 0 Å². The van der Waals surface area contributed by atoms with Gasteiger partial charge in [-0.1, -0.05) is 29.8 Å². The monoisotopic (exact) mass is 350 g/mol. The second kappa shape index (κ2) is 7.11. The molecule has 22 heavy (non-hydrogen) atoms. The first-order chi connectivity index (χ1) is 10.7. The highest BCUT2D eigenvalue weighted by molar-refractivity contribution is 7.19. The predicted octanol–water partition coefficient (Wildman–Crippen LogP) is 5.01. The van der Waals surface area contributed by atoms with Gasteiger partial charge in [0.25, 0.3) is 0 Å². The van der Waals surface area contributed by atoms with E-state index in [-0.39, 0.29) is 0 Å². The lowest BCUT2D eigenvalue weighted by atomic mass is 10.1. The van der Waals surface area contributed by atoms with Crippen LogP contribution in [-0.2, 0) is 6.54 Å². The number of rotatable bonds is 6. The first-order valence-corrected chi connectivity index (χ1v) is 9.35. The molecule has 5 heteroatoms. The van der Waals surface area contributed by atoms with Crippen molar-refractivity contribution in [3.63, 3.8) is 0 Å². The molecule has 0 bridgehead atoms. The van der Waals surface area contributed by atoms with Crippen molar-refractivity contribution >= 4 is 44.4 Å². The molecule has 2 nitrogen and oxygen atoms in total. The molecule has 3 rings (SSSR count). The van der Waals surface area contributed by atoms with Gasteiger partial charge in [-0.2, -0.15) is 11.3 Å². The van der Waals surface area contributed by atoms with Crippen LogP contribution < -0.4 is 5.32 Å². The lowest BCUT2D eigenvalue weighted by Crippen LogP contribution is -2.30. The number of halogens is 1. The summed E-state index contributed by atoms with van der Waals surface area (Å²) in [4.78, 5) is 3.47. The van der Waals surface area contributed by atoms with E-state index in [1.165, 1.54) is 15.1 Å². The molecule has 0 radical (unpaired) electrons. The van der Waals surface area contributed by atoms with E-state index in [9.17, 15) is 0 Å². The maximum Gasteiger partial charge on any atom is 0.0636 e. The van der Waals surface area contributed by atoms with E-state index in [0.29, 0.717) is 6.04 Å². The summed E-state index contributed by atoms with van der Waals surface area (Å²) >= 11 is 10.0.